The maximum absolute atomic E-state index is 13.8. The Kier molecular flexibility index (Phi) is 3.93. The minimum atomic E-state index is -0.646. The molecular weight excluding hydrogens is 301 g/mol. The van der Waals surface area contributed by atoms with Crippen LogP contribution in [0.15, 0.2) is 34.9 Å². The molecule has 0 radical (unpaired) electrons. The molecule has 2 rings (SSSR count). The van der Waals surface area contributed by atoms with Crippen LogP contribution in [-0.2, 0) is 6.61 Å². The summed E-state index contributed by atoms with van der Waals surface area (Å²) in [6.07, 6.45) is 1.39. The van der Waals surface area contributed by atoms with Crippen molar-refractivity contribution in [1.82, 2.24) is 4.98 Å². The molecule has 1 aromatic heterocycles. The SMILES string of the molecule is Cc1ccc(Oc2nccc(CO)c2F)c(Br)c1. The van der Waals surface area contributed by atoms with E-state index in [4.69, 9.17) is 9.84 Å². The van der Waals surface area contributed by atoms with Crippen molar-refractivity contribution in [3.63, 3.8) is 0 Å². The van der Waals surface area contributed by atoms with E-state index in [-0.39, 0.29) is 18.1 Å². The smallest absolute Gasteiger partial charge is 0.256 e. The summed E-state index contributed by atoms with van der Waals surface area (Å²) in [6, 6.07) is 6.86. The molecule has 18 heavy (non-hydrogen) atoms. The number of rotatable bonds is 3. The molecule has 0 fully saturated rings. The second kappa shape index (κ2) is 5.46. The lowest BCUT2D eigenvalue weighted by molar-refractivity contribution is 0.273. The molecule has 0 aliphatic rings. The quantitative estimate of drug-likeness (QED) is 0.942. The molecule has 5 heteroatoms. The van der Waals surface area contributed by atoms with E-state index in [1.807, 2.05) is 19.1 Å². The summed E-state index contributed by atoms with van der Waals surface area (Å²) >= 11 is 3.34. The van der Waals surface area contributed by atoms with Gasteiger partial charge in [0.05, 0.1) is 11.1 Å². The molecule has 0 amide bonds. The molecule has 0 saturated carbocycles. The van der Waals surface area contributed by atoms with Gasteiger partial charge in [-0.3, -0.25) is 0 Å². The average molecular weight is 312 g/mol. The lowest BCUT2D eigenvalue weighted by Gasteiger charge is -2.09. The summed E-state index contributed by atoms with van der Waals surface area (Å²) in [6.45, 7) is 1.56. The number of aliphatic hydroxyl groups is 1. The van der Waals surface area contributed by atoms with Gasteiger partial charge in [0, 0.05) is 11.8 Å². The van der Waals surface area contributed by atoms with Gasteiger partial charge < -0.3 is 9.84 Å². The highest BCUT2D eigenvalue weighted by Gasteiger charge is 2.12. The number of hydrogen-bond donors (Lipinski definition) is 1. The number of pyridine rings is 1. The highest BCUT2D eigenvalue weighted by atomic mass is 79.9. The van der Waals surface area contributed by atoms with E-state index in [1.54, 1.807) is 6.07 Å². The van der Waals surface area contributed by atoms with Gasteiger partial charge in [-0.15, -0.1) is 0 Å². The molecule has 0 saturated heterocycles. The summed E-state index contributed by atoms with van der Waals surface area (Å²) in [5.41, 5.74) is 1.22. The number of hydrogen-bond acceptors (Lipinski definition) is 3. The molecule has 1 heterocycles. The summed E-state index contributed by atoms with van der Waals surface area (Å²) in [5.74, 6) is -0.319. The fourth-order valence-electron chi connectivity index (χ4n) is 1.45. The monoisotopic (exact) mass is 311 g/mol. The van der Waals surface area contributed by atoms with Crippen molar-refractivity contribution in [3.05, 3.63) is 51.9 Å². The first-order chi connectivity index (χ1) is 8.61. The minimum absolute atomic E-state index is 0.147. The van der Waals surface area contributed by atoms with E-state index in [2.05, 4.69) is 20.9 Å². The zero-order valence-corrected chi connectivity index (χ0v) is 11.2. The van der Waals surface area contributed by atoms with Gasteiger partial charge >= 0.3 is 0 Å². The van der Waals surface area contributed by atoms with Crippen LogP contribution >= 0.6 is 15.9 Å². The molecule has 3 nitrogen and oxygen atoms in total. The maximum atomic E-state index is 13.8. The van der Waals surface area contributed by atoms with Crippen LogP contribution in [0.3, 0.4) is 0 Å². The van der Waals surface area contributed by atoms with Crippen LogP contribution in [0.25, 0.3) is 0 Å². The summed E-state index contributed by atoms with van der Waals surface area (Å²) in [7, 11) is 0. The number of benzene rings is 1. The molecule has 2 aromatic rings. The number of nitrogens with zero attached hydrogens (tertiary/aromatic N) is 1. The Morgan fingerprint density at radius 3 is 2.83 bits per heavy atom. The zero-order valence-electron chi connectivity index (χ0n) is 9.65. The van der Waals surface area contributed by atoms with Crippen molar-refractivity contribution >= 4 is 15.9 Å². The third-order valence-corrected chi connectivity index (χ3v) is 3.02. The standard InChI is InChI=1S/C13H11BrFNO2/c1-8-2-3-11(10(14)6-8)18-13-12(15)9(7-17)4-5-16-13/h2-6,17H,7H2,1H3. The van der Waals surface area contributed by atoms with Crippen molar-refractivity contribution in [2.45, 2.75) is 13.5 Å². The Morgan fingerprint density at radius 1 is 1.39 bits per heavy atom. The van der Waals surface area contributed by atoms with Crippen LogP contribution in [0.4, 0.5) is 4.39 Å². The van der Waals surface area contributed by atoms with E-state index in [0.717, 1.165) is 10.0 Å². The van der Waals surface area contributed by atoms with Gasteiger partial charge in [0.2, 0.25) is 0 Å². The fraction of sp³-hybridized carbons (Fsp3) is 0.154. The molecule has 0 aliphatic carbocycles. The molecule has 1 N–H and O–H groups in total. The lowest BCUT2D eigenvalue weighted by Crippen LogP contribution is -1.97. The lowest BCUT2D eigenvalue weighted by atomic mass is 10.2. The van der Waals surface area contributed by atoms with E-state index in [1.165, 1.54) is 12.3 Å². The maximum Gasteiger partial charge on any atom is 0.256 e. The second-order valence-electron chi connectivity index (χ2n) is 3.78. The van der Waals surface area contributed by atoms with Gasteiger partial charge in [0.1, 0.15) is 5.75 Å². The van der Waals surface area contributed by atoms with Crippen LogP contribution < -0.4 is 4.74 Å². The summed E-state index contributed by atoms with van der Waals surface area (Å²) in [5, 5.41) is 8.97. The Morgan fingerprint density at radius 2 is 2.17 bits per heavy atom. The highest BCUT2D eigenvalue weighted by Crippen LogP contribution is 2.31. The highest BCUT2D eigenvalue weighted by molar-refractivity contribution is 9.10. The fourth-order valence-corrected chi connectivity index (χ4v) is 2.02. The summed E-state index contributed by atoms with van der Waals surface area (Å²) in [4.78, 5) is 3.82. The molecule has 0 bridgehead atoms. The topological polar surface area (TPSA) is 42.4 Å². The Labute approximate surface area is 112 Å². The molecule has 94 valence electrons. The Bertz CT molecular complexity index is 575. The van der Waals surface area contributed by atoms with Gasteiger partial charge in [-0.25, -0.2) is 9.37 Å². The Balaban J connectivity index is 2.34. The summed E-state index contributed by atoms with van der Waals surface area (Å²) < 4.78 is 19.9. The average Bonchev–Trinajstić information content (AvgIpc) is 2.35. The van der Waals surface area contributed by atoms with Crippen molar-refractivity contribution in [2.75, 3.05) is 0 Å². The van der Waals surface area contributed by atoms with E-state index in [0.29, 0.717) is 5.75 Å². The molecule has 0 atom stereocenters. The van der Waals surface area contributed by atoms with Crippen LogP contribution in [0.2, 0.25) is 0 Å². The van der Waals surface area contributed by atoms with Gasteiger partial charge in [0.15, 0.2) is 5.82 Å². The number of halogens is 2. The van der Waals surface area contributed by atoms with Crippen molar-refractivity contribution in [3.8, 4) is 11.6 Å². The van der Waals surface area contributed by atoms with Crippen molar-refractivity contribution < 1.29 is 14.2 Å². The Hall–Kier alpha value is -1.46. The second-order valence-corrected chi connectivity index (χ2v) is 4.64. The van der Waals surface area contributed by atoms with Gasteiger partial charge in [-0.1, -0.05) is 6.07 Å². The van der Waals surface area contributed by atoms with Crippen molar-refractivity contribution in [2.24, 2.45) is 0 Å². The van der Waals surface area contributed by atoms with E-state index >= 15 is 0 Å². The third kappa shape index (κ3) is 2.68. The first-order valence-electron chi connectivity index (χ1n) is 5.30. The minimum Gasteiger partial charge on any atom is -0.435 e. The van der Waals surface area contributed by atoms with E-state index in [9.17, 15) is 4.39 Å². The number of ether oxygens (including phenoxy) is 1. The number of aliphatic hydroxyl groups excluding tert-OH is 1. The number of aryl methyl sites for hydroxylation is 1. The third-order valence-electron chi connectivity index (χ3n) is 2.40. The first kappa shape index (κ1) is 13.0. The van der Waals surface area contributed by atoms with Crippen molar-refractivity contribution in [1.29, 1.82) is 0 Å². The molecule has 1 aromatic carbocycles. The van der Waals surface area contributed by atoms with Crippen LogP contribution in [0.5, 0.6) is 11.6 Å². The van der Waals surface area contributed by atoms with Gasteiger partial charge in [-0.05, 0) is 46.6 Å². The molecule has 0 spiro atoms. The van der Waals surface area contributed by atoms with Crippen LogP contribution in [0, 0.1) is 12.7 Å². The number of aromatic nitrogens is 1. The molecule has 0 unspecified atom stereocenters. The first-order valence-corrected chi connectivity index (χ1v) is 6.09. The van der Waals surface area contributed by atoms with Gasteiger partial charge in [0.25, 0.3) is 5.88 Å². The van der Waals surface area contributed by atoms with E-state index < -0.39 is 5.82 Å². The predicted octanol–water partition coefficient (Wildman–Crippen LogP) is 3.58. The van der Waals surface area contributed by atoms with Crippen LogP contribution in [0.1, 0.15) is 11.1 Å². The van der Waals surface area contributed by atoms with Gasteiger partial charge in [-0.2, -0.15) is 0 Å². The zero-order chi connectivity index (χ0) is 13.1. The largest absolute Gasteiger partial charge is 0.435 e. The molecule has 0 aliphatic heterocycles. The normalized spacial score (nSPS) is 10.4. The predicted molar refractivity (Wildman–Crippen MR) is 69.1 cm³/mol. The van der Waals surface area contributed by atoms with Crippen LogP contribution in [-0.4, -0.2) is 10.1 Å². The molecular formula is C13H11BrFNO2.